The van der Waals surface area contributed by atoms with Gasteiger partial charge in [0.05, 0.1) is 19.1 Å². The molecule has 118 valence electrons. The van der Waals surface area contributed by atoms with Gasteiger partial charge in [-0.3, -0.25) is 9.69 Å². The summed E-state index contributed by atoms with van der Waals surface area (Å²) < 4.78 is 10.1. The lowest BCUT2D eigenvalue weighted by atomic mass is 9.73. The Hall–Kier alpha value is -2.37. The number of ether oxygens (including phenoxy) is 2. The zero-order chi connectivity index (χ0) is 16.3. The van der Waals surface area contributed by atoms with E-state index in [0.717, 1.165) is 0 Å². The van der Waals surface area contributed by atoms with Gasteiger partial charge in [0.15, 0.2) is 0 Å². The van der Waals surface area contributed by atoms with Gasteiger partial charge >= 0.3 is 11.9 Å². The van der Waals surface area contributed by atoms with Gasteiger partial charge in [0.2, 0.25) is 5.91 Å². The number of β-lactam (4-membered cyclic amide) rings is 1. The Morgan fingerprint density at radius 1 is 1.09 bits per heavy atom. The highest BCUT2D eigenvalue weighted by Crippen LogP contribution is 2.43. The molecule has 0 bridgehead atoms. The maximum atomic E-state index is 12.5. The van der Waals surface area contributed by atoms with E-state index in [9.17, 15) is 14.4 Å². The molecule has 22 heavy (non-hydrogen) atoms. The Labute approximate surface area is 129 Å². The van der Waals surface area contributed by atoms with Crippen molar-refractivity contribution in [3.8, 4) is 0 Å². The third kappa shape index (κ3) is 2.15. The van der Waals surface area contributed by atoms with E-state index in [0.29, 0.717) is 5.69 Å². The normalized spacial score (nSPS) is 19.3. The quantitative estimate of drug-likeness (QED) is 0.468. The number of hydrogen-bond donors (Lipinski definition) is 0. The van der Waals surface area contributed by atoms with Crippen molar-refractivity contribution in [2.45, 2.75) is 26.3 Å². The molecule has 0 aromatic heterocycles. The number of carbonyl (C=O) groups excluding carboxylic acids is 3. The number of carbonyl (C=O) groups is 3. The molecule has 1 aliphatic rings. The Balaban J connectivity index is 2.52. The van der Waals surface area contributed by atoms with Crippen LogP contribution in [0.5, 0.6) is 0 Å². The van der Waals surface area contributed by atoms with Crippen molar-refractivity contribution in [3.05, 3.63) is 30.3 Å². The smallest absolute Gasteiger partial charge is 0.345 e. The van der Waals surface area contributed by atoms with Crippen LogP contribution in [0.1, 0.15) is 20.8 Å². The number of rotatable bonds is 5. The van der Waals surface area contributed by atoms with Crippen LogP contribution >= 0.6 is 0 Å². The lowest BCUT2D eigenvalue weighted by Gasteiger charge is -2.51. The fourth-order valence-electron chi connectivity index (χ4n) is 2.68. The second-order valence-corrected chi connectivity index (χ2v) is 4.94. The SMILES string of the molecule is CCOC(=O)C1(C(=O)OCC)C(C)C(=O)N1c1ccccc1. The monoisotopic (exact) mass is 305 g/mol. The van der Waals surface area contributed by atoms with Crippen molar-refractivity contribution in [1.82, 2.24) is 0 Å². The van der Waals surface area contributed by atoms with E-state index in [1.807, 2.05) is 0 Å². The summed E-state index contributed by atoms with van der Waals surface area (Å²) >= 11 is 0. The predicted molar refractivity (Wildman–Crippen MR) is 79.1 cm³/mol. The van der Waals surface area contributed by atoms with Crippen LogP contribution < -0.4 is 4.90 Å². The summed E-state index contributed by atoms with van der Waals surface area (Å²) in [4.78, 5) is 38.5. The number of esters is 2. The van der Waals surface area contributed by atoms with Crippen LogP contribution in [0, 0.1) is 5.92 Å². The third-order valence-corrected chi connectivity index (χ3v) is 3.76. The number of hydrogen-bond acceptors (Lipinski definition) is 5. The van der Waals surface area contributed by atoms with Crippen LogP contribution in [-0.2, 0) is 23.9 Å². The van der Waals surface area contributed by atoms with Gasteiger partial charge < -0.3 is 9.47 Å². The lowest BCUT2D eigenvalue weighted by Crippen LogP contribution is -2.78. The van der Waals surface area contributed by atoms with Gasteiger partial charge in [-0.2, -0.15) is 0 Å². The number of nitrogens with zero attached hydrogens (tertiary/aromatic N) is 1. The van der Waals surface area contributed by atoms with E-state index in [1.165, 1.54) is 11.8 Å². The summed E-state index contributed by atoms with van der Waals surface area (Å²) in [6.45, 7) is 5.06. The van der Waals surface area contributed by atoms with E-state index in [1.54, 1.807) is 44.2 Å². The molecule has 0 radical (unpaired) electrons. The predicted octanol–water partition coefficient (Wildman–Crippen LogP) is 1.53. The molecular formula is C16H19NO5. The summed E-state index contributed by atoms with van der Waals surface area (Å²) in [5.41, 5.74) is -1.28. The molecule has 1 saturated heterocycles. The standard InChI is InChI=1S/C16H19NO5/c1-4-21-14(19)16(15(20)22-5-2)11(3)13(18)17(16)12-9-7-6-8-10-12/h6-11H,4-5H2,1-3H3. The van der Waals surface area contributed by atoms with Crippen LogP contribution in [-0.4, -0.2) is 36.6 Å². The van der Waals surface area contributed by atoms with Crippen molar-refractivity contribution in [3.63, 3.8) is 0 Å². The first-order valence-electron chi connectivity index (χ1n) is 7.25. The Kier molecular flexibility index (Phi) is 4.49. The minimum Gasteiger partial charge on any atom is -0.464 e. The first-order chi connectivity index (χ1) is 10.5. The number of benzene rings is 1. The fourth-order valence-corrected chi connectivity index (χ4v) is 2.68. The molecule has 0 N–H and O–H groups in total. The van der Waals surface area contributed by atoms with Crippen molar-refractivity contribution in [2.75, 3.05) is 18.1 Å². The van der Waals surface area contributed by atoms with E-state index < -0.39 is 23.4 Å². The summed E-state index contributed by atoms with van der Waals surface area (Å²) in [5.74, 6) is -2.66. The van der Waals surface area contributed by atoms with Crippen LogP contribution in [0.3, 0.4) is 0 Å². The molecule has 0 aliphatic carbocycles. The molecule has 1 fully saturated rings. The van der Waals surface area contributed by atoms with Gasteiger partial charge in [0.25, 0.3) is 5.54 Å². The molecule has 1 unspecified atom stereocenters. The highest BCUT2D eigenvalue weighted by molar-refractivity contribution is 6.25. The van der Waals surface area contributed by atoms with Gasteiger partial charge in [-0.15, -0.1) is 0 Å². The molecule has 2 rings (SSSR count). The first kappa shape index (κ1) is 16.0. The second kappa shape index (κ2) is 6.17. The number of para-hydroxylation sites is 1. The summed E-state index contributed by atoms with van der Waals surface area (Å²) in [5, 5.41) is 0. The minimum absolute atomic E-state index is 0.115. The van der Waals surface area contributed by atoms with Crippen LogP contribution in [0.2, 0.25) is 0 Å². The van der Waals surface area contributed by atoms with Gasteiger partial charge in [0.1, 0.15) is 0 Å². The topological polar surface area (TPSA) is 72.9 Å². The molecular weight excluding hydrogens is 286 g/mol. The number of anilines is 1. The molecule has 1 aromatic carbocycles. The van der Waals surface area contributed by atoms with Gasteiger partial charge in [-0.05, 0) is 26.0 Å². The molecule has 1 aliphatic heterocycles. The van der Waals surface area contributed by atoms with Crippen LogP contribution in [0.15, 0.2) is 30.3 Å². The summed E-state index contributed by atoms with van der Waals surface area (Å²) in [6, 6.07) is 8.57. The van der Waals surface area contributed by atoms with E-state index in [-0.39, 0.29) is 19.1 Å². The maximum absolute atomic E-state index is 12.5. The minimum atomic E-state index is -1.75. The lowest BCUT2D eigenvalue weighted by molar-refractivity contribution is -0.176. The number of amides is 1. The molecule has 1 atom stereocenters. The van der Waals surface area contributed by atoms with Gasteiger partial charge in [0, 0.05) is 5.69 Å². The second-order valence-electron chi connectivity index (χ2n) is 4.94. The highest BCUT2D eigenvalue weighted by atomic mass is 16.6. The van der Waals surface area contributed by atoms with Crippen molar-refractivity contribution >= 4 is 23.5 Å². The van der Waals surface area contributed by atoms with Gasteiger partial charge in [-0.25, -0.2) is 9.59 Å². The van der Waals surface area contributed by atoms with Crippen molar-refractivity contribution in [2.24, 2.45) is 5.92 Å². The molecule has 1 aromatic rings. The Morgan fingerprint density at radius 2 is 1.59 bits per heavy atom. The molecule has 0 saturated carbocycles. The fraction of sp³-hybridized carbons (Fsp3) is 0.438. The molecule has 6 nitrogen and oxygen atoms in total. The maximum Gasteiger partial charge on any atom is 0.345 e. The van der Waals surface area contributed by atoms with Crippen molar-refractivity contribution < 1.29 is 23.9 Å². The summed E-state index contributed by atoms with van der Waals surface area (Å²) in [7, 11) is 0. The molecule has 0 spiro atoms. The Morgan fingerprint density at radius 3 is 2.05 bits per heavy atom. The molecule has 1 heterocycles. The average molecular weight is 305 g/mol. The Bertz CT molecular complexity index is 565. The zero-order valence-corrected chi connectivity index (χ0v) is 12.9. The average Bonchev–Trinajstić information content (AvgIpc) is 2.52. The molecule has 1 amide bonds. The summed E-state index contributed by atoms with van der Waals surface area (Å²) in [6.07, 6.45) is 0. The highest BCUT2D eigenvalue weighted by Gasteiger charge is 2.70. The molecule has 6 heteroatoms. The zero-order valence-electron chi connectivity index (χ0n) is 12.9. The van der Waals surface area contributed by atoms with E-state index in [2.05, 4.69) is 0 Å². The van der Waals surface area contributed by atoms with E-state index in [4.69, 9.17) is 9.47 Å². The van der Waals surface area contributed by atoms with Crippen LogP contribution in [0.4, 0.5) is 5.69 Å². The van der Waals surface area contributed by atoms with E-state index >= 15 is 0 Å². The third-order valence-electron chi connectivity index (χ3n) is 3.76. The first-order valence-corrected chi connectivity index (χ1v) is 7.25. The largest absolute Gasteiger partial charge is 0.464 e. The van der Waals surface area contributed by atoms with Gasteiger partial charge in [-0.1, -0.05) is 25.1 Å². The van der Waals surface area contributed by atoms with Crippen molar-refractivity contribution in [1.29, 1.82) is 0 Å². The van der Waals surface area contributed by atoms with Crippen LogP contribution in [0.25, 0.3) is 0 Å².